The van der Waals surface area contributed by atoms with Crippen molar-refractivity contribution in [3.05, 3.63) is 54.2 Å². The monoisotopic (exact) mass is 553 g/mol. The number of pyridine rings is 1. The number of piperidine rings is 1. The van der Waals surface area contributed by atoms with Crippen LogP contribution in [0.5, 0.6) is 0 Å². The molecule has 1 amide bonds. The zero-order chi connectivity index (χ0) is 28.6. The number of hydrogen-bond donors (Lipinski definition) is 2. The minimum Gasteiger partial charge on any atom is -0.475 e. The second kappa shape index (κ2) is 12.8. The summed E-state index contributed by atoms with van der Waals surface area (Å²) in [7, 11) is 0. The summed E-state index contributed by atoms with van der Waals surface area (Å²) in [6.45, 7) is 4.32. The lowest BCUT2D eigenvalue weighted by atomic mass is 9.78. The van der Waals surface area contributed by atoms with Crippen molar-refractivity contribution in [1.29, 1.82) is 0 Å². The molecule has 2 aliphatic rings. The molecule has 0 aliphatic carbocycles. The van der Waals surface area contributed by atoms with Crippen LogP contribution in [0.25, 0.3) is 0 Å². The third kappa shape index (κ3) is 9.04. The van der Waals surface area contributed by atoms with Crippen molar-refractivity contribution in [3.63, 3.8) is 0 Å². The Labute approximate surface area is 212 Å². The molecule has 4 heterocycles. The Balaban J connectivity index is 0.000000301. The molecule has 0 saturated carbocycles. The van der Waals surface area contributed by atoms with Gasteiger partial charge in [0.15, 0.2) is 0 Å². The normalized spacial score (nSPS) is 19.8. The van der Waals surface area contributed by atoms with Crippen LogP contribution in [0.4, 0.5) is 26.3 Å². The summed E-state index contributed by atoms with van der Waals surface area (Å²) in [5.74, 6) is -5.19. The van der Waals surface area contributed by atoms with Crippen LogP contribution in [0.3, 0.4) is 0 Å². The van der Waals surface area contributed by atoms with Crippen LogP contribution < -0.4 is 0 Å². The third-order valence-corrected chi connectivity index (χ3v) is 5.82. The Bertz CT molecular complexity index is 1040. The Morgan fingerprint density at radius 1 is 0.974 bits per heavy atom. The molecule has 2 N–H and O–H groups in total. The number of alkyl halides is 6. The molecule has 0 aromatic carbocycles. The lowest BCUT2D eigenvalue weighted by Gasteiger charge is -2.39. The van der Waals surface area contributed by atoms with Gasteiger partial charge in [-0.05, 0) is 43.5 Å². The van der Waals surface area contributed by atoms with Crippen LogP contribution in [0, 0.1) is 5.41 Å². The molecular weight excluding hydrogens is 528 g/mol. The van der Waals surface area contributed by atoms with Gasteiger partial charge in [-0.2, -0.15) is 26.3 Å². The molecule has 0 bridgehead atoms. The van der Waals surface area contributed by atoms with Crippen LogP contribution in [-0.2, 0) is 27.5 Å². The summed E-state index contributed by atoms with van der Waals surface area (Å²) in [6.07, 6.45) is 0.0312. The van der Waals surface area contributed by atoms with Gasteiger partial charge in [0, 0.05) is 44.1 Å². The number of aliphatic carboxylic acids is 2. The van der Waals surface area contributed by atoms with Crippen molar-refractivity contribution < 1.29 is 55.4 Å². The van der Waals surface area contributed by atoms with Crippen molar-refractivity contribution in [2.45, 2.75) is 44.7 Å². The fraction of sp³-hybridized carbons (Fsp3) is 0.478. The van der Waals surface area contributed by atoms with E-state index < -0.39 is 24.3 Å². The molecule has 2 saturated heterocycles. The van der Waals surface area contributed by atoms with Gasteiger partial charge in [-0.3, -0.25) is 14.7 Å². The third-order valence-electron chi connectivity index (χ3n) is 5.82. The predicted octanol–water partition coefficient (Wildman–Crippen LogP) is 3.96. The van der Waals surface area contributed by atoms with E-state index in [1.54, 1.807) is 18.7 Å². The van der Waals surface area contributed by atoms with E-state index in [-0.39, 0.29) is 5.41 Å². The summed E-state index contributed by atoms with van der Waals surface area (Å²) in [6, 6.07) is 5.97. The number of rotatable bonds is 4. The molecule has 15 heteroatoms. The van der Waals surface area contributed by atoms with E-state index in [0.717, 1.165) is 51.0 Å². The number of furan rings is 1. The highest BCUT2D eigenvalue weighted by atomic mass is 19.4. The summed E-state index contributed by atoms with van der Waals surface area (Å²) >= 11 is 0. The summed E-state index contributed by atoms with van der Waals surface area (Å²) in [4.78, 5) is 39.5. The number of carbonyl (C=O) groups is 3. The number of hydrogen-bond acceptors (Lipinski definition) is 6. The smallest absolute Gasteiger partial charge is 0.475 e. The van der Waals surface area contributed by atoms with E-state index in [4.69, 9.17) is 24.2 Å². The van der Waals surface area contributed by atoms with Crippen molar-refractivity contribution in [1.82, 2.24) is 14.8 Å². The second-order valence-electron chi connectivity index (χ2n) is 8.67. The lowest BCUT2D eigenvalue weighted by Crippen LogP contribution is -2.47. The molecule has 0 radical (unpaired) electrons. The Morgan fingerprint density at radius 2 is 1.61 bits per heavy atom. The van der Waals surface area contributed by atoms with Gasteiger partial charge in [-0.15, -0.1) is 0 Å². The van der Waals surface area contributed by atoms with E-state index >= 15 is 0 Å². The summed E-state index contributed by atoms with van der Waals surface area (Å²) < 4.78 is 68.6. The topological polar surface area (TPSA) is 124 Å². The fourth-order valence-corrected chi connectivity index (χ4v) is 4.14. The molecular formula is C23H25F6N3O6. The molecule has 1 spiro atoms. The van der Waals surface area contributed by atoms with E-state index in [2.05, 4.69) is 9.88 Å². The highest BCUT2D eigenvalue weighted by Crippen LogP contribution is 2.41. The number of aromatic nitrogens is 1. The number of amides is 1. The van der Waals surface area contributed by atoms with Crippen LogP contribution in [-0.4, -0.2) is 74.8 Å². The first-order valence-corrected chi connectivity index (χ1v) is 11.2. The maximum atomic E-state index is 13.1. The zero-order valence-corrected chi connectivity index (χ0v) is 19.8. The minimum atomic E-state index is -5.08. The van der Waals surface area contributed by atoms with Crippen LogP contribution >= 0.6 is 0 Å². The standard InChI is InChI=1S/C19H23N3O2.2C2HF3O2/c23-18-19(6-9-22(18)13-16-3-1-7-20-11-16)5-2-8-21(15-19)12-17-4-10-24-14-17;2*3-2(4,5)1(6)7/h1,3-4,7,10-11,14H,2,5-6,8-9,12-13,15H2;2*(H,6,7). The van der Waals surface area contributed by atoms with Crippen LogP contribution in [0.15, 0.2) is 47.5 Å². The van der Waals surface area contributed by atoms with Crippen molar-refractivity contribution in [2.75, 3.05) is 19.6 Å². The van der Waals surface area contributed by atoms with Gasteiger partial charge < -0.3 is 19.5 Å². The Morgan fingerprint density at radius 3 is 2.11 bits per heavy atom. The van der Waals surface area contributed by atoms with E-state index in [1.807, 2.05) is 29.3 Å². The highest BCUT2D eigenvalue weighted by Gasteiger charge is 2.48. The Hall–Kier alpha value is -3.62. The van der Waals surface area contributed by atoms with Gasteiger partial charge in [0.05, 0.1) is 17.9 Å². The first kappa shape index (κ1) is 30.6. The predicted molar refractivity (Wildman–Crippen MR) is 117 cm³/mol. The van der Waals surface area contributed by atoms with Crippen molar-refractivity contribution in [3.8, 4) is 0 Å². The SMILES string of the molecule is O=C(O)C(F)(F)F.O=C(O)C(F)(F)F.O=C1N(Cc2cccnc2)CCC12CCCN(Cc1ccoc1)C2. The molecule has 2 aliphatic heterocycles. The fourth-order valence-electron chi connectivity index (χ4n) is 4.14. The van der Waals surface area contributed by atoms with Crippen LogP contribution in [0.2, 0.25) is 0 Å². The number of carbonyl (C=O) groups excluding carboxylic acids is 1. The maximum Gasteiger partial charge on any atom is 0.490 e. The summed E-state index contributed by atoms with van der Waals surface area (Å²) in [5, 5.41) is 14.2. The van der Waals surface area contributed by atoms with Crippen molar-refractivity contribution in [2.24, 2.45) is 5.41 Å². The average Bonchev–Trinajstić information content (AvgIpc) is 3.44. The largest absolute Gasteiger partial charge is 0.490 e. The molecule has 1 unspecified atom stereocenters. The zero-order valence-electron chi connectivity index (χ0n) is 19.8. The first-order valence-electron chi connectivity index (χ1n) is 11.2. The van der Waals surface area contributed by atoms with Gasteiger partial charge in [0.25, 0.3) is 0 Å². The van der Waals surface area contributed by atoms with Gasteiger partial charge in [0.1, 0.15) is 0 Å². The number of carboxylic acids is 2. The molecule has 2 fully saturated rings. The molecule has 2 aromatic rings. The van der Waals surface area contributed by atoms with Gasteiger partial charge in [-0.1, -0.05) is 6.07 Å². The van der Waals surface area contributed by atoms with E-state index in [0.29, 0.717) is 12.5 Å². The van der Waals surface area contributed by atoms with Gasteiger partial charge in [-0.25, -0.2) is 9.59 Å². The number of halogens is 6. The number of carboxylic acid groups (broad SMARTS) is 2. The lowest BCUT2D eigenvalue weighted by molar-refractivity contribution is -0.193. The molecule has 210 valence electrons. The molecule has 2 aromatic heterocycles. The van der Waals surface area contributed by atoms with Crippen LogP contribution in [0.1, 0.15) is 30.4 Å². The maximum absolute atomic E-state index is 13.1. The summed E-state index contributed by atoms with van der Waals surface area (Å²) in [5.41, 5.74) is 2.10. The van der Waals surface area contributed by atoms with Crippen molar-refractivity contribution >= 4 is 17.8 Å². The highest BCUT2D eigenvalue weighted by molar-refractivity contribution is 5.85. The first-order chi connectivity index (χ1) is 17.6. The number of nitrogens with zero attached hydrogens (tertiary/aromatic N) is 3. The van der Waals surface area contributed by atoms with Gasteiger partial charge >= 0.3 is 24.3 Å². The minimum absolute atomic E-state index is 0.190. The molecule has 38 heavy (non-hydrogen) atoms. The quantitative estimate of drug-likeness (QED) is 0.546. The molecule has 1 atom stereocenters. The van der Waals surface area contributed by atoms with Gasteiger partial charge in [0.2, 0.25) is 5.91 Å². The van der Waals surface area contributed by atoms with E-state index in [9.17, 15) is 31.1 Å². The number of likely N-dealkylation sites (tertiary alicyclic amines) is 2. The molecule has 4 rings (SSSR count). The van der Waals surface area contributed by atoms with E-state index in [1.165, 1.54) is 5.56 Å². The second-order valence-corrected chi connectivity index (χ2v) is 8.67. The Kier molecular flexibility index (Phi) is 10.3. The average molecular weight is 553 g/mol. The molecule has 9 nitrogen and oxygen atoms in total.